The van der Waals surface area contributed by atoms with Crippen molar-refractivity contribution in [3.05, 3.63) is 75.7 Å². The molecule has 1 fully saturated rings. The average molecular weight is 423 g/mol. The lowest BCUT2D eigenvalue weighted by Gasteiger charge is -2.28. The van der Waals surface area contributed by atoms with Gasteiger partial charge in [0.2, 0.25) is 5.76 Å². The minimum absolute atomic E-state index is 0.0196. The summed E-state index contributed by atoms with van der Waals surface area (Å²) in [7, 11) is 0. The van der Waals surface area contributed by atoms with Crippen molar-refractivity contribution in [3.8, 4) is 0 Å². The predicted molar refractivity (Wildman–Crippen MR) is 111 cm³/mol. The monoisotopic (exact) mass is 423 g/mol. The third kappa shape index (κ3) is 3.62. The van der Waals surface area contributed by atoms with Crippen LogP contribution in [0.1, 0.15) is 34.3 Å². The fourth-order valence-electron chi connectivity index (χ4n) is 4.36. The van der Waals surface area contributed by atoms with Crippen molar-refractivity contribution in [1.29, 1.82) is 0 Å². The van der Waals surface area contributed by atoms with Gasteiger partial charge < -0.3 is 14.1 Å². The van der Waals surface area contributed by atoms with Crippen LogP contribution in [-0.4, -0.2) is 60.1 Å². The van der Waals surface area contributed by atoms with Gasteiger partial charge in [-0.2, -0.15) is 0 Å². The van der Waals surface area contributed by atoms with Gasteiger partial charge in [-0.05, 0) is 36.8 Å². The number of ether oxygens (including phenoxy) is 1. The number of hydrogen-bond acceptors (Lipinski definition) is 6. The van der Waals surface area contributed by atoms with E-state index in [1.165, 1.54) is 12.1 Å². The molecule has 1 amide bonds. The van der Waals surface area contributed by atoms with Gasteiger partial charge in [-0.3, -0.25) is 19.5 Å². The summed E-state index contributed by atoms with van der Waals surface area (Å²) in [5, 5.41) is 0.127. The highest BCUT2D eigenvalue weighted by molar-refractivity contribution is 5.98. The van der Waals surface area contributed by atoms with Crippen LogP contribution in [0.25, 0.3) is 11.0 Å². The number of halogens is 1. The highest BCUT2D eigenvalue weighted by Gasteiger charge is 2.43. The van der Waals surface area contributed by atoms with Crippen molar-refractivity contribution in [3.63, 3.8) is 0 Å². The van der Waals surface area contributed by atoms with E-state index in [1.54, 1.807) is 23.2 Å². The number of carbonyl (C=O) groups is 1. The van der Waals surface area contributed by atoms with Crippen LogP contribution in [0.3, 0.4) is 0 Å². The molecule has 0 saturated carbocycles. The van der Waals surface area contributed by atoms with Crippen molar-refractivity contribution in [2.75, 3.05) is 39.4 Å². The van der Waals surface area contributed by atoms with Crippen LogP contribution >= 0.6 is 0 Å². The van der Waals surface area contributed by atoms with E-state index < -0.39 is 17.3 Å². The van der Waals surface area contributed by atoms with Crippen LogP contribution in [0.5, 0.6) is 0 Å². The molecule has 31 heavy (non-hydrogen) atoms. The lowest BCUT2D eigenvalue weighted by molar-refractivity contribution is 0.0353. The van der Waals surface area contributed by atoms with Crippen molar-refractivity contribution < 1.29 is 18.3 Å². The molecule has 5 rings (SSSR count). The Morgan fingerprint density at radius 1 is 1.10 bits per heavy atom. The third-order valence-electron chi connectivity index (χ3n) is 5.87. The summed E-state index contributed by atoms with van der Waals surface area (Å²) in [5.74, 6) is -0.845. The van der Waals surface area contributed by atoms with E-state index in [0.29, 0.717) is 25.5 Å². The van der Waals surface area contributed by atoms with Gasteiger partial charge in [0, 0.05) is 32.4 Å². The van der Waals surface area contributed by atoms with Crippen LogP contribution in [0.2, 0.25) is 0 Å². The highest BCUT2D eigenvalue weighted by Crippen LogP contribution is 2.37. The lowest BCUT2D eigenvalue weighted by atomic mass is 10.0. The number of pyridine rings is 1. The first-order chi connectivity index (χ1) is 15.1. The highest BCUT2D eigenvalue weighted by atomic mass is 19.1. The minimum Gasteiger partial charge on any atom is -0.450 e. The SMILES string of the molecule is O=C1c2oc3ccc(F)cc3c(=O)c2[C@H](c2ccccn2)N1CCCN1CCOCC1. The van der Waals surface area contributed by atoms with E-state index in [9.17, 15) is 14.0 Å². The van der Waals surface area contributed by atoms with Crippen molar-refractivity contribution >= 4 is 16.9 Å². The summed E-state index contributed by atoms with van der Waals surface area (Å²) in [6.07, 6.45) is 2.37. The Hall–Kier alpha value is -3.10. The van der Waals surface area contributed by atoms with Crippen LogP contribution in [0.4, 0.5) is 4.39 Å². The van der Waals surface area contributed by atoms with E-state index in [-0.39, 0.29) is 28.2 Å². The maximum Gasteiger partial charge on any atom is 0.290 e. The summed E-state index contributed by atoms with van der Waals surface area (Å²) >= 11 is 0. The smallest absolute Gasteiger partial charge is 0.290 e. The maximum atomic E-state index is 13.8. The second kappa shape index (κ2) is 8.20. The van der Waals surface area contributed by atoms with Gasteiger partial charge in [0.25, 0.3) is 5.91 Å². The number of nitrogens with zero attached hydrogens (tertiary/aromatic N) is 3. The molecule has 0 aliphatic carbocycles. The van der Waals surface area contributed by atoms with E-state index in [1.807, 2.05) is 6.07 Å². The third-order valence-corrected chi connectivity index (χ3v) is 5.87. The van der Waals surface area contributed by atoms with Gasteiger partial charge in [0.1, 0.15) is 17.4 Å². The number of morpholine rings is 1. The normalized spacial score (nSPS) is 19.2. The Labute approximate surface area is 178 Å². The molecule has 1 aromatic carbocycles. The van der Waals surface area contributed by atoms with Gasteiger partial charge in [0.15, 0.2) is 5.43 Å². The van der Waals surface area contributed by atoms with Crippen molar-refractivity contribution in [2.24, 2.45) is 0 Å². The molecule has 4 heterocycles. The molecule has 2 aliphatic rings. The molecule has 2 aliphatic heterocycles. The fourth-order valence-corrected chi connectivity index (χ4v) is 4.36. The zero-order chi connectivity index (χ0) is 21.4. The Bertz CT molecular complexity index is 1170. The average Bonchev–Trinajstić information content (AvgIpc) is 3.08. The number of fused-ring (bicyclic) bond motifs is 2. The molecule has 0 radical (unpaired) electrons. The molecule has 0 N–H and O–H groups in total. The van der Waals surface area contributed by atoms with Gasteiger partial charge in [-0.25, -0.2) is 4.39 Å². The molecule has 0 spiro atoms. The Balaban J connectivity index is 1.52. The molecule has 3 aromatic rings. The fraction of sp³-hybridized carbons (Fsp3) is 0.348. The topological polar surface area (TPSA) is 75.9 Å². The predicted octanol–water partition coefficient (Wildman–Crippen LogP) is 2.59. The van der Waals surface area contributed by atoms with Gasteiger partial charge >= 0.3 is 0 Å². The second-order valence-electron chi connectivity index (χ2n) is 7.78. The molecule has 0 unspecified atom stereocenters. The molecule has 1 saturated heterocycles. The summed E-state index contributed by atoms with van der Waals surface area (Å²) in [6, 6.07) is 8.49. The molecule has 8 heteroatoms. The first-order valence-corrected chi connectivity index (χ1v) is 10.4. The first-order valence-electron chi connectivity index (χ1n) is 10.4. The number of hydrogen-bond donors (Lipinski definition) is 0. The number of benzene rings is 1. The Morgan fingerprint density at radius 3 is 2.71 bits per heavy atom. The molecule has 2 aromatic heterocycles. The van der Waals surface area contributed by atoms with Gasteiger partial charge in [0.05, 0.1) is 29.9 Å². The summed E-state index contributed by atoms with van der Waals surface area (Å²) in [4.78, 5) is 34.9. The zero-order valence-electron chi connectivity index (χ0n) is 16.9. The quantitative estimate of drug-likeness (QED) is 0.628. The van der Waals surface area contributed by atoms with Crippen LogP contribution in [0.15, 0.2) is 51.8 Å². The van der Waals surface area contributed by atoms with E-state index in [0.717, 1.165) is 32.1 Å². The van der Waals surface area contributed by atoms with Crippen LogP contribution < -0.4 is 5.43 Å². The lowest BCUT2D eigenvalue weighted by Crippen LogP contribution is -2.39. The van der Waals surface area contributed by atoms with Crippen LogP contribution in [-0.2, 0) is 4.74 Å². The first kappa shape index (κ1) is 19.8. The zero-order valence-corrected chi connectivity index (χ0v) is 16.9. The van der Waals surface area contributed by atoms with Crippen molar-refractivity contribution in [2.45, 2.75) is 12.5 Å². The molecule has 7 nitrogen and oxygen atoms in total. The summed E-state index contributed by atoms with van der Waals surface area (Å²) < 4.78 is 25.0. The minimum atomic E-state index is -0.655. The largest absolute Gasteiger partial charge is 0.450 e. The number of carbonyl (C=O) groups excluding carboxylic acids is 1. The molecule has 0 bridgehead atoms. The number of amides is 1. The van der Waals surface area contributed by atoms with E-state index >= 15 is 0 Å². The van der Waals surface area contributed by atoms with Gasteiger partial charge in [-0.1, -0.05) is 6.07 Å². The summed E-state index contributed by atoms with van der Waals surface area (Å²) in [5.41, 5.74) is 0.626. The number of rotatable bonds is 5. The maximum absolute atomic E-state index is 13.8. The van der Waals surface area contributed by atoms with E-state index in [2.05, 4.69) is 9.88 Å². The second-order valence-corrected chi connectivity index (χ2v) is 7.78. The molecular formula is C23H22FN3O4. The van der Waals surface area contributed by atoms with Crippen molar-refractivity contribution in [1.82, 2.24) is 14.8 Å². The summed E-state index contributed by atoms with van der Waals surface area (Å²) in [6.45, 7) is 4.45. The van der Waals surface area contributed by atoms with Crippen LogP contribution in [0, 0.1) is 5.82 Å². The molecule has 1 atom stereocenters. The number of aromatic nitrogens is 1. The Kier molecular flexibility index (Phi) is 5.25. The Morgan fingerprint density at radius 2 is 1.94 bits per heavy atom. The van der Waals surface area contributed by atoms with Gasteiger partial charge in [-0.15, -0.1) is 0 Å². The van der Waals surface area contributed by atoms with E-state index in [4.69, 9.17) is 9.15 Å². The molecule has 160 valence electrons. The standard InChI is InChI=1S/C23H22FN3O4/c24-15-5-6-18-16(14-15)21(28)19-20(17-4-1-2-7-25-17)27(23(29)22(19)31-18)9-3-8-26-10-12-30-13-11-26/h1-2,4-7,14,20H,3,8-13H2/t20-/m0/s1. The molecular weight excluding hydrogens is 401 g/mol.